The minimum Gasteiger partial charge on any atom is -0.386 e. The molecule has 0 aromatic heterocycles. The van der Waals surface area contributed by atoms with Crippen molar-refractivity contribution >= 4 is 23.1 Å². The molecule has 0 aromatic rings. The number of aliphatic hydroxyl groups is 2. The van der Waals surface area contributed by atoms with Gasteiger partial charge in [-0.2, -0.15) is 0 Å². The van der Waals surface area contributed by atoms with E-state index in [0.717, 1.165) is 17.2 Å². The Morgan fingerprint density at radius 2 is 1.56 bits per heavy atom. The number of carbonyl (C=O) groups is 4. The quantitative estimate of drug-likeness (QED) is 0.269. The van der Waals surface area contributed by atoms with Gasteiger partial charge in [-0.15, -0.1) is 0 Å². The maximum atomic E-state index is 14.5. The lowest BCUT2D eigenvalue weighted by Crippen LogP contribution is -2.61. The van der Waals surface area contributed by atoms with Gasteiger partial charge in [-0.25, -0.2) is 0 Å². The lowest BCUT2D eigenvalue weighted by Gasteiger charge is -2.52. The predicted octanol–water partition coefficient (Wildman–Crippen LogP) is 4.72. The largest absolute Gasteiger partial charge is 0.386 e. The van der Waals surface area contributed by atoms with Gasteiger partial charge in [-0.05, 0) is 78.2 Å². The van der Waals surface area contributed by atoms with Crippen LogP contribution in [0.2, 0.25) is 0 Å². The van der Waals surface area contributed by atoms with Crippen LogP contribution in [0.25, 0.3) is 0 Å². The summed E-state index contributed by atoms with van der Waals surface area (Å²) in [5, 5.41) is 22.4. The maximum Gasteiger partial charge on any atom is 0.199 e. The second-order valence-electron chi connectivity index (χ2n) is 12.7. The Kier molecular flexibility index (Phi) is 8.02. The van der Waals surface area contributed by atoms with Crippen LogP contribution in [0.5, 0.6) is 0 Å². The van der Waals surface area contributed by atoms with Crippen molar-refractivity contribution in [3.63, 3.8) is 0 Å². The summed E-state index contributed by atoms with van der Waals surface area (Å²) in [4.78, 5) is 56.7. The van der Waals surface area contributed by atoms with Crippen LogP contribution in [-0.2, 0) is 19.2 Å². The van der Waals surface area contributed by atoms with Crippen LogP contribution < -0.4 is 0 Å². The van der Waals surface area contributed by atoms with Gasteiger partial charge in [0.15, 0.2) is 34.1 Å². The Morgan fingerprint density at radius 3 is 2.00 bits per heavy atom. The zero-order valence-corrected chi connectivity index (χ0v) is 23.6. The molecule has 2 bridgehead atoms. The van der Waals surface area contributed by atoms with E-state index >= 15 is 0 Å². The first-order valence-corrected chi connectivity index (χ1v) is 12.8. The molecule has 200 valence electrons. The zero-order valence-electron chi connectivity index (χ0n) is 23.6. The second-order valence-corrected chi connectivity index (χ2v) is 12.7. The standard InChI is InChI=1S/C30H44O6/c1-18(2)11-12-21-17-28(16-13-19(3)4)24(33)29(27(21,9)10,23(32)20(5)6)25(34)30(28,36)22(31)14-15-26(7,8)35/h11,13-15,20-21,35-36H,12,16-17H2,1-10H3. The molecule has 0 saturated heterocycles. The molecule has 2 rings (SSSR count). The van der Waals surface area contributed by atoms with E-state index in [4.69, 9.17) is 0 Å². The van der Waals surface area contributed by atoms with Gasteiger partial charge in [0.05, 0.1) is 11.0 Å². The Morgan fingerprint density at radius 1 is 1.03 bits per heavy atom. The smallest absolute Gasteiger partial charge is 0.199 e. The van der Waals surface area contributed by atoms with Crippen molar-refractivity contribution in [2.45, 2.75) is 99.7 Å². The molecule has 2 N–H and O–H groups in total. The summed E-state index contributed by atoms with van der Waals surface area (Å²) in [6, 6.07) is 0. The zero-order chi connectivity index (χ0) is 28.1. The average Bonchev–Trinajstić information content (AvgIpc) is 2.85. The highest BCUT2D eigenvalue weighted by Crippen LogP contribution is 2.69. The highest BCUT2D eigenvalue weighted by atomic mass is 16.3. The van der Waals surface area contributed by atoms with Gasteiger partial charge >= 0.3 is 0 Å². The van der Waals surface area contributed by atoms with Gasteiger partial charge < -0.3 is 10.2 Å². The monoisotopic (exact) mass is 500 g/mol. The van der Waals surface area contributed by atoms with E-state index in [2.05, 4.69) is 0 Å². The van der Waals surface area contributed by atoms with Crippen molar-refractivity contribution in [2.24, 2.45) is 28.1 Å². The number of Topliss-reactive ketones (excluding diaryl/α,β-unsaturated/α-hetero) is 3. The Hall–Kier alpha value is -2.18. The first-order chi connectivity index (χ1) is 16.2. The summed E-state index contributed by atoms with van der Waals surface area (Å²) in [5.74, 6) is -4.17. The van der Waals surface area contributed by atoms with Crippen molar-refractivity contribution < 1.29 is 29.4 Å². The van der Waals surface area contributed by atoms with Crippen LogP contribution >= 0.6 is 0 Å². The third kappa shape index (κ3) is 4.30. The van der Waals surface area contributed by atoms with E-state index in [1.54, 1.807) is 33.8 Å². The van der Waals surface area contributed by atoms with Crippen LogP contribution in [-0.4, -0.2) is 44.5 Å². The molecule has 6 nitrogen and oxygen atoms in total. The molecular formula is C30H44O6. The molecule has 0 amide bonds. The molecule has 36 heavy (non-hydrogen) atoms. The third-order valence-electron chi connectivity index (χ3n) is 8.28. The van der Waals surface area contributed by atoms with E-state index in [-0.39, 0.29) is 18.8 Å². The summed E-state index contributed by atoms with van der Waals surface area (Å²) in [6.07, 6.45) is 6.52. The van der Waals surface area contributed by atoms with Gasteiger partial charge in [-0.3, -0.25) is 19.2 Å². The SMILES string of the molecule is CC(C)=CCC1CC2(CC=C(C)C)C(=O)C(C(=O)C(C)C)(C(=O)C2(O)C(=O)C=CC(C)(C)O)C1(C)C. The van der Waals surface area contributed by atoms with Crippen molar-refractivity contribution in [1.82, 2.24) is 0 Å². The maximum absolute atomic E-state index is 14.5. The highest BCUT2D eigenvalue weighted by Gasteiger charge is 2.85. The fourth-order valence-corrected chi connectivity index (χ4v) is 6.10. The molecule has 0 heterocycles. The van der Waals surface area contributed by atoms with Crippen molar-refractivity contribution in [3.05, 3.63) is 35.5 Å². The molecule has 0 spiro atoms. The number of allylic oxidation sites excluding steroid dienone is 4. The van der Waals surface area contributed by atoms with Gasteiger partial charge in [0, 0.05) is 5.92 Å². The van der Waals surface area contributed by atoms with Crippen LogP contribution in [0.15, 0.2) is 35.5 Å². The van der Waals surface area contributed by atoms with E-state index in [1.807, 2.05) is 33.8 Å². The average molecular weight is 501 g/mol. The second kappa shape index (κ2) is 9.60. The lowest BCUT2D eigenvalue weighted by molar-refractivity contribution is -0.167. The third-order valence-corrected chi connectivity index (χ3v) is 8.28. The molecule has 2 aliphatic carbocycles. The van der Waals surface area contributed by atoms with Crippen molar-refractivity contribution in [2.75, 3.05) is 0 Å². The van der Waals surface area contributed by atoms with Crippen LogP contribution in [0.1, 0.15) is 88.5 Å². The summed E-state index contributed by atoms with van der Waals surface area (Å²) >= 11 is 0. The first kappa shape index (κ1) is 30.0. The molecular weight excluding hydrogens is 456 g/mol. The van der Waals surface area contributed by atoms with Crippen LogP contribution in [0.3, 0.4) is 0 Å². The first-order valence-electron chi connectivity index (χ1n) is 12.8. The minimum atomic E-state index is -2.72. The number of ketones is 4. The Balaban J connectivity index is 3.01. The molecule has 2 aliphatic rings. The van der Waals surface area contributed by atoms with Crippen molar-refractivity contribution in [1.29, 1.82) is 0 Å². The molecule has 0 radical (unpaired) electrons. The fraction of sp³-hybridized carbons (Fsp3) is 0.667. The lowest BCUT2D eigenvalue weighted by atomic mass is 9.47. The van der Waals surface area contributed by atoms with Gasteiger partial charge in [-0.1, -0.05) is 57.1 Å². The number of hydrogen-bond acceptors (Lipinski definition) is 6. The molecule has 2 fully saturated rings. The Labute approximate surface area is 215 Å². The van der Waals surface area contributed by atoms with E-state index in [9.17, 15) is 29.4 Å². The highest BCUT2D eigenvalue weighted by molar-refractivity contribution is 6.40. The van der Waals surface area contributed by atoms with E-state index in [1.165, 1.54) is 19.9 Å². The Bertz CT molecular complexity index is 1040. The topological polar surface area (TPSA) is 109 Å². The number of carbonyl (C=O) groups excluding carboxylic acids is 4. The number of rotatable bonds is 9. The van der Waals surface area contributed by atoms with Gasteiger partial charge in [0.25, 0.3) is 0 Å². The van der Waals surface area contributed by atoms with Crippen LogP contribution in [0, 0.1) is 28.1 Å². The normalized spacial score (nSPS) is 31.6. The number of fused-ring (bicyclic) bond motifs is 2. The fourth-order valence-electron chi connectivity index (χ4n) is 6.10. The number of hydrogen-bond donors (Lipinski definition) is 2. The van der Waals surface area contributed by atoms with Gasteiger partial charge in [0.2, 0.25) is 0 Å². The summed E-state index contributed by atoms with van der Waals surface area (Å²) in [5.41, 5.74) is -7.25. The molecule has 0 aliphatic heterocycles. The predicted molar refractivity (Wildman–Crippen MR) is 140 cm³/mol. The molecule has 0 aromatic carbocycles. The van der Waals surface area contributed by atoms with E-state index in [0.29, 0.717) is 6.42 Å². The van der Waals surface area contributed by atoms with Gasteiger partial charge in [0.1, 0.15) is 0 Å². The molecule has 4 atom stereocenters. The molecule has 6 heteroatoms. The summed E-state index contributed by atoms with van der Waals surface area (Å²) in [6.45, 7) is 17.3. The molecule has 2 saturated carbocycles. The summed E-state index contributed by atoms with van der Waals surface area (Å²) in [7, 11) is 0. The molecule has 4 unspecified atom stereocenters. The van der Waals surface area contributed by atoms with E-state index < -0.39 is 56.5 Å². The van der Waals surface area contributed by atoms with Crippen molar-refractivity contribution in [3.8, 4) is 0 Å². The van der Waals surface area contributed by atoms with Crippen LogP contribution in [0.4, 0.5) is 0 Å². The summed E-state index contributed by atoms with van der Waals surface area (Å²) < 4.78 is 0. The minimum absolute atomic E-state index is 0.0347.